The molecule has 17 heavy (non-hydrogen) atoms. The number of nitrogens with two attached hydrogens (primary N) is 1. The van der Waals surface area contributed by atoms with Gasteiger partial charge in [-0.1, -0.05) is 19.3 Å². The summed E-state index contributed by atoms with van der Waals surface area (Å²) in [5.41, 5.74) is 7.64. The maximum atomic E-state index is 5.76. The predicted molar refractivity (Wildman–Crippen MR) is 71.6 cm³/mol. The first-order valence-electron chi connectivity index (χ1n) is 6.63. The minimum atomic E-state index is 0.807. The number of aromatic nitrogens is 1. The van der Waals surface area contributed by atoms with Gasteiger partial charge in [0.25, 0.3) is 0 Å². The molecular weight excluding hydrogens is 210 g/mol. The Kier molecular flexibility index (Phi) is 4.37. The molecule has 1 heterocycles. The second kappa shape index (κ2) is 6.01. The Hall–Kier alpha value is -1.09. The van der Waals surface area contributed by atoms with Crippen LogP contribution in [0.1, 0.15) is 37.8 Å². The van der Waals surface area contributed by atoms with Gasteiger partial charge in [-0.05, 0) is 37.9 Å². The van der Waals surface area contributed by atoms with Crippen molar-refractivity contribution in [3.63, 3.8) is 0 Å². The van der Waals surface area contributed by atoms with Crippen molar-refractivity contribution in [3.05, 3.63) is 24.0 Å². The summed E-state index contributed by atoms with van der Waals surface area (Å²) in [7, 11) is 2.18. The van der Waals surface area contributed by atoms with Gasteiger partial charge in [-0.2, -0.15) is 0 Å². The van der Waals surface area contributed by atoms with E-state index in [1.807, 2.05) is 12.1 Å². The van der Waals surface area contributed by atoms with Crippen LogP contribution in [-0.4, -0.2) is 23.5 Å². The van der Waals surface area contributed by atoms with Gasteiger partial charge in [0.15, 0.2) is 0 Å². The molecule has 0 atom stereocenters. The van der Waals surface area contributed by atoms with Crippen molar-refractivity contribution in [2.45, 2.75) is 38.6 Å². The lowest BCUT2D eigenvalue weighted by atomic mass is 9.89. The van der Waals surface area contributed by atoms with Crippen LogP contribution in [0.25, 0.3) is 0 Å². The number of nitrogens with zero attached hydrogens (tertiary/aromatic N) is 2. The second-order valence-electron chi connectivity index (χ2n) is 5.28. The quantitative estimate of drug-likeness (QED) is 0.869. The van der Waals surface area contributed by atoms with E-state index in [4.69, 9.17) is 5.73 Å². The van der Waals surface area contributed by atoms with E-state index >= 15 is 0 Å². The first kappa shape index (κ1) is 12.4. The molecule has 3 heteroatoms. The molecule has 1 aromatic heterocycles. The molecule has 1 aromatic rings. The average molecular weight is 233 g/mol. The Morgan fingerprint density at radius 3 is 2.82 bits per heavy atom. The van der Waals surface area contributed by atoms with Crippen LogP contribution in [0.15, 0.2) is 18.3 Å². The fourth-order valence-corrected chi connectivity index (χ4v) is 2.73. The number of hydrogen-bond acceptors (Lipinski definition) is 3. The third-order valence-electron chi connectivity index (χ3n) is 3.57. The Morgan fingerprint density at radius 1 is 1.35 bits per heavy atom. The number of pyridine rings is 1. The highest BCUT2D eigenvalue weighted by atomic mass is 15.1. The SMILES string of the molecule is CN(Cc1cc(N)ccn1)CC1CCCCC1. The third-order valence-corrected chi connectivity index (χ3v) is 3.57. The van der Waals surface area contributed by atoms with Gasteiger partial charge >= 0.3 is 0 Å². The van der Waals surface area contributed by atoms with E-state index in [9.17, 15) is 0 Å². The third kappa shape index (κ3) is 4.00. The number of nitrogen functional groups attached to an aromatic ring is 1. The standard InChI is InChI=1S/C14H23N3/c1-17(10-12-5-3-2-4-6-12)11-14-9-13(15)7-8-16-14/h7-9,12H,2-6,10-11H2,1H3,(H2,15,16). The van der Waals surface area contributed by atoms with Crippen molar-refractivity contribution in [3.8, 4) is 0 Å². The van der Waals surface area contributed by atoms with Gasteiger partial charge < -0.3 is 10.6 Å². The summed E-state index contributed by atoms with van der Waals surface area (Å²) in [6.45, 7) is 2.10. The van der Waals surface area contributed by atoms with E-state index in [0.29, 0.717) is 0 Å². The van der Waals surface area contributed by atoms with E-state index < -0.39 is 0 Å². The van der Waals surface area contributed by atoms with Gasteiger partial charge in [0.05, 0.1) is 5.69 Å². The van der Waals surface area contributed by atoms with Crippen molar-refractivity contribution >= 4 is 5.69 Å². The van der Waals surface area contributed by atoms with Crippen LogP contribution < -0.4 is 5.73 Å². The van der Waals surface area contributed by atoms with Crippen LogP contribution in [0, 0.1) is 5.92 Å². The summed E-state index contributed by atoms with van der Waals surface area (Å²) in [5, 5.41) is 0. The van der Waals surface area contributed by atoms with Gasteiger partial charge in [-0.3, -0.25) is 4.98 Å². The maximum Gasteiger partial charge on any atom is 0.0564 e. The Bertz CT molecular complexity index is 345. The average Bonchev–Trinajstić information content (AvgIpc) is 2.30. The molecular formula is C14H23N3. The molecule has 1 saturated carbocycles. The molecule has 0 spiro atoms. The summed E-state index contributed by atoms with van der Waals surface area (Å²) in [5.74, 6) is 0.884. The molecule has 0 aromatic carbocycles. The highest BCUT2D eigenvalue weighted by molar-refractivity contribution is 5.37. The molecule has 94 valence electrons. The van der Waals surface area contributed by atoms with Crippen LogP contribution in [0.2, 0.25) is 0 Å². The second-order valence-corrected chi connectivity index (χ2v) is 5.28. The smallest absolute Gasteiger partial charge is 0.0564 e. The van der Waals surface area contributed by atoms with Crippen molar-refractivity contribution in [1.82, 2.24) is 9.88 Å². The van der Waals surface area contributed by atoms with Gasteiger partial charge in [0.2, 0.25) is 0 Å². The summed E-state index contributed by atoms with van der Waals surface area (Å²) in [6.07, 6.45) is 8.84. The van der Waals surface area contributed by atoms with Crippen molar-refractivity contribution in [2.75, 3.05) is 19.3 Å². The van der Waals surface area contributed by atoms with Crippen LogP contribution in [0.5, 0.6) is 0 Å². The van der Waals surface area contributed by atoms with E-state index in [1.165, 1.54) is 38.6 Å². The fraction of sp³-hybridized carbons (Fsp3) is 0.643. The van der Waals surface area contributed by atoms with Crippen LogP contribution >= 0.6 is 0 Å². The van der Waals surface area contributed by atoms with Crippen molar-refractivity contribution < 1.29 is 0 Å². The van der Waals surface area contributed by atoms with E-state index in [1.54, 1.807) is 6.20 Å². The zero-order chi connectivity index (χ0) is 12.1. The largest absolute Gasteiger partial charge is 0.399 e. The molecule has 0 aliphatic heterocycles. The predicted octanol–water partition coefficient (Wildman–Crippen LogP) is 2.68. The van der Waals surface area contributed by atoms with Gasteiger partial charge in [-0.25, -0.2) is 0 Å². The van der Waals surface area contributed by atoms with Gasteiger partial charge in [-0.15, -0.1) is 0 Å². The lowest BCUT2D eigenvalue weighted by molar-refractivity contribution is 0.226. The molecule has 3 nitrogen and oxygen atoms in total. The van der Waals surface area contributed by atoms with Crippen LogP contribution in [-0.2, 0) is 6.54 Å². The summed E-state index contributed by atoms with van der Waals surface area (Å²) < 4.78 is 0. The Labute approximate surface area is 104 Å². The van der Waals surface area contributed by atoms with E-state index in [2.05, 4.69) is 16.9 Å². The Balaban J connectivity index is 1.82. The fourth-order valence-electron chi connectivity index (χ4n) is 2.73. The maximum absolute atomic E-state index is 5.76. The molecule has 0 amide bonds. The van der Waals surface area contributed by atoms with Crippen molar-refractivity contribution in [2.24, 2.45) is 5.92 Å². The summed E-state index contributed by atoms with van der Waals surface area (Å²) in [6, 6.07) is 3.81. The van der Waals surface area contributed by atoms with Gasteiger partial charge in [0.1, 0.15) is 0 Å². The lowest BCUT2D eigenvalue weighted by Gasteiger charge is -2.26. The molecule has 0 bridgehead atoms. The van der Waals surface area contributed by atoms with Crippen LogP contribution in [0.3, 0.4) is 0 Å². The normalized spacial score (nSPS) is 17.5. The first-order chi connectivity index (χ1) is 8.24. The topological polar surface area (TPSA) is 42.1 Å². The Morgan fingerprint density at radius 2 is 2.12 bits per heavy atom. The lowest BCUT2D eigenvalue weighted by Crippen LogP contribution is -2.27. The molecule has 2 rings (SSSR count). The molecule has 2 N–H and O–H groups in total. The number of anilines is 1. The van der Waals surface area contributed by atoms with E-state index in [0.717, 1.165) is 23.8 Å². The van der Waals surface area contributed by atoms with Gasteiger partial charge in [0, 0.05) is 25.0 Å². The zero-order valence-electron chi connectivity index (χ0n) is 10.7. The van der Waals surface area contributed by atoms with Crippen molar-refractivity contribution in [1.29, 1.82) is 0 Å². The molecule has 1 aliphatic rings. The molecule has 0 radical (unpaired) electrons. The molecule has 1 fully saturated rings. The highest BCUT2D eigenvalue weighted by Gasteiger charge is 2.15. The first-order valence-corrected chi connectivity index (χ1v) is 6.63. The van der Waals surface area contributed by atoms with E-state index in [-0.39, 0.29) is 0 Å². The highest BCUT2D eigenvalue weighted by Crippen LogP contribution is 2.24. The van der Waals surface area contributed by atoms with Crippen LogP contribution in [0.4, 0.5) is 5.69 Å². The molecule has 1 aliphatic carbocycles. The number of hydrogen-bond donors (Lipinski definition) is 1. The molecule has 0 saturated heterocycles. The zero-order valence-corrected chi connectivity index (χ0v) is 10.7. The minimum Gasteiger partial charge on any atom is -0.399 e. The summed E-state index contributed by atoms with van der Waals surface area (Å²) in [4.78, 5) is 6.72. The minimum absolute atomic E-state index is 0.807. The monoisotopic (exact) mass is 233 g/mol. The molecule has 0 unspecified atom stereocenters. The number of rotatable bonds is 4. The summed E-state index contributed by atoms with van der Waals surface area (Å²) >= 11 is 0.